The van der Waals surface area contributed by atoms with E-state index in [-0.39, 0.29) is 5.78 Å². The summed E-state index contributed by atoms with van der Waals surface area (Å²) in [4.78, 5) is 10.3. The Morgan fingerprint density at radius 3 is 2.38 bits per heavy atom. The van der Waals surface area contributed by atoms with Crippen molar-refractivity contribution < 1.29 is 4.79 Å². The van der Waals surface area contributed by atoms with Gasteiger partial charge in [-0.1, -0.05) is 6.58 Å². The van der Waals surface area contributed by atoms with Gasteiger partial charge < -0.3 is 5.73 Å². The lowest BCUT2D eigenvalue weighted by Crippen LogP contribution is -1.94. The van der Waals surface area contributed by atoms with Crippen LogP contribution in [0.3, 0.4) is 0 Å². The Labute approximate surface area is 48.7 Å². The van der Waals surface area contributed by atoms with E-state index in [0.717, 1.165) is 0 Å². The first kappa shape index (κ1) is 6.95. The summed E-state index contributed by atoms with van der Waals surface area (Å²) in [6, 6.07) is 0. The molecule has 2 N–H and O–H groups in total. The molecule has 0 bridgehead atoms. The molecule has 0 aliphatic heterocycles. The van der Waals surface area contributed by atoms with Crippen molar-refractivity contribution in [3.8, 4) is 0 Å². The number of hydrogen-bond acceptors (Lipinski definition) is 2. The molecule has 0 saturated heterocycles. The number of carbonyl (C=O) groups excluding carboxylic acids is 1. The summed E-state index contributed by atoms with van der Waals surface area (Å²) in [6.45, 7) is 4.92. The van der Waals surface area contributed by atoms with Gasteiger partial charge in [0, 0.05) is 11.8 Å². The molecular weight excluding hydrogens is 102 g/mol. The molecule has 0 amide bonds. The van der Waals surface area contributed by atoms with Crippen LogP contribution in [0, 0.1) is 0 Å². The van der Waals surface area contributed by atoms with Crippen molar-refractivity contribution in [1.29, 1.82) is 0 Å². The van der Waals surface area contributed by atoms with E-state index in [1.54, 1.807) is 6.92 Å². The molecular formula is C6H9NO. The molecule has 0 radical (unpaired) electrons. The van der Waals surface area contributed by atoms with E-state index < -0.39 is 0 Å². The van der Waals surface area contributed by atoms with Crippen molar-refractivity contribution in [2.24, 2.45) is 5.73 Å². The van der Waals surface area contributed by atoms with E-state index >= 15 is 0 Å². The second-order valence-electron chi connectivity index (χ2n) is 1.49. The van der Waals surface area contributed by atoms with Gasteiger partial charge >= 0.3 is 0 Å². The number of ketones is 1. The van der Waals surface area contributed by atoms with Crippen molar-refractivity contribution >= 4 is 5.78 Å². The second kappa shape index (κ2) is 3.02. The van der Waals surface area contributed by atoms with Gasteiger partial charge in [0.25, 0.3) is 0 Å². The van der Waals surface area contributed by atoms with Crippen LogP contribution >= 0.6 is 0 Å². The molecule has 0 aromatic rings. The third-order valence-electron chi connectivity index (χ3n) is 0.571. The minimum atomic E-state index is -0.148. The van der Waals surface area contributed by atoms with Gasteiger partial charge in [0.2, 0.25) is 0 Å². The van der Waals surface area contributed by atoms with Gasteiger partial charge in [-0.3, -0.25) is 4.79 Å². The summed E-state index contributed by atoms with van der Waals surface area (Å²) in [5.74, 6) is -0.148. The lowest BCUT2D eigenvalue weighted by molar-refractivity contribution is -0.110. The molecule has 0 saturated carbocycles. The van der Waals surface area contributed by atoms with Crippen LogP contribution in [0.5, 0.6) is 0 Å². The number of carbonyl (C=O) groups is 1. The minimum Gasteiger partial charge on any atom is -0.402 e. The molecule has 0 aliphatic carbocycles. The van der Waals surface area contributed by atoms with Crippen LogP contribution in [-0.2, 0) is 4.79 Å². The van der Waals surface area contributed by atoms with E-state index in [9.17, 15) is 4.79 Å². The third-order valence-corrected chi connectivity index (χ3v) is 0.571. The van der Waals surface area contributed by atoms with Gasteiger partial charge in [-0.2, -0.15) is 0 Å². The maximum absolute atomic E-state index is 10.3. The number of allylic oxidation sites excluding steroid dienone is 3. The summed E-state index contributed by atoms with van der Waals surface area (Å²) < 4.78 is 0. The Hall–Kier alpha value is -1.05. The molecule has 0 aromatic carbocycles. The van der Waals surface area contributed by atoms with Crippen LogP contribution in [0.4, 0.5) is 0 Å². The number of nitrogens with two attached hydrogens (primary N) is 1. The summed E-state index contributed by atoms with van der Waals surface area (Å²) >= 11 is 0. The maximum atomic E-state index is 10.3. The highest BCUT2D eigenvalue weighted by Gasteiger charge is 1.84. The average Bonchev–Trinajstić information content (AvgIpc) is 1.65. The Morgan fingerprint density at radius 2 is 2.25 bits per heavy atom. The highest BCUT2D eigenvalue weighted by atomic mass is 16.1. The van der Waals surface area contributed by atoms with Gasteiger partial charge in [0.15, 0.2) is 5.78 Å². The van der Waals surface area contributed by atoms with Gasteiger partial charge in [0.1, 0.15) is 0 Å². The predicted molar refractivity (Wildman–Crippen MR) is 33.1 cm³/mol. The quantitative estimate of drug-likeness (QED) is 0.530. The highest BCUT2D eigenvalue weighted by Crippen LogP contribution is 1.81. The molecule has 2 heteroatoms. The van der Waals surface area contributed by atoms with Gasteiger partial charge in [-0.15, -0.1) is 0 Å². The monoisotopic (exact) mass is 111 g/mol. The van der Waals surface area contributed by atoms with E-state index in [1.165, 1.54) is 12.2 Å². The molecule has 0 unspecified atom stereocenters. The molecule has 2 nitrogen and oxygen atoms in total. The first-order valence-electron chi connectivity index (χ1n) is 2.27. The van der Waals surface area contributed by atoms with Crippen LogP contribution in [0.1, 0.15) is 6.92 Å². The van der Waals surface area contributed by atoms with Crippen molar-refractivity contribution in [2.75, 3.05) is 0 Å². The van der Waals surface area contributed by atoms with Gasteiger partial charge in [0.05, 0.1) is 0 Å². The fraction of sp³-hybridized carbons (Fsp3) is 0.167. The maximum Gasteiger partial charge on any atom is 0.179 e. The SMILES string of the molecule is C=CC(=O)C=C(C)N. The topological polar surface area (TPSA) is 43.1 Å². The first-order valence-corrected chi connectivity index (χ1v) is 2.27. The van der Waals surface area contributed by atoms with Crippen molar-refractivity contribution in [1.82, 2.24) is 0 Å². The lowest BCUT2D eigenvalue weighted by Gasteiger charge is -1.83. The zero-order valence-corrected chi connectivity index (χ0v) is 4.85. The number of hydrogen-bond donors (Lipinski definition) is 1. The Balaban J connectivity index is 3.89. The fourth-order valence-corrected chi connectivity index (χ4v) is 0.283. The largest absolute Gasteiger partial charge is 0.402 e. The smallest absolute Gasteiger partial charge is 0.179 e. The van der Waals surface area contributed by atoms with Crippen LogP contribution < -0.4 is 5.73 Å². The molecule has 0 atom stereocenters. The standard InChI is InChI=1S/C6H9NO/c1-3-6(8)4-5(2)7/h3-4H,1,7H2,2H3. The molecule has 0 spiro atoms. The zero-order valence-electron chi connectivity index (χ0n) is 4.85. The number of rotatable bonds is 2. The van der Waals surface area contributed by atoms with Crippen molar-refractivity contribution in [3.63, 3.8) is 0 Å². The molecule has 44 valence electrons. The molecule has 0 aromatic heterocycles. The fourth-order valence-electron chi connectivity index (χ4n) is 0.283. The predicted octanol–water partition coefficient (Wildman–Crippen LogP) is 0.604. The Bertz CT molecular complexity index is 131. The molecule has 0 heterocycles. The van der Waals surface area contributed by atoms with Crippen LogP contribution in [0.25, 0.3) is 0 Å². The van der Waals surface area contributed by atoms with E-state index in [2.05, 4.69) is 6.58 Å². The van der Waals surface area contributed by atoms with Gasteiger partial charge in [-0.25, -0.2) is 0 Å². The second-order valence-corrected chi connectivity index (χ2v) is 1.49. The van der Waals surface area contributed by atoms with Crippen LogP contribution in [-0.4, -0.2) is 5.78 Å². The molecule has 8 heavy (non-hydrogen) atoms. The molecule has 0 fully saturated rings. The summed E-state index contributed by atoms with van der Waals surface area (Å²) in [6.07, 6.45) is 2.54. The Morgan fingerprint density at radius 1 is 1.75 bits per heavy atom. The molecule has 0 aliphatic rings. The first-order chi connectivity index (χ1) is 3.66. The third kappa shape index (κ3) is 3.15. The highest BCUT2D eigenvalue weighted by molar-refractivity contribution is 5.99. The van der Waals surface area contributed by atoms with E-state index in [0.29, 0.717) is 5.70 Å². The normalized spacial score (nSPS) is 10.9. The molecule has 0 rings (SSSR count). The van der Waals surface area contributed by atoms with Gasteiger partial charge in [-0.05, 0) is 13.0 Å². The van der Waals surface area contributed by atoms with Crippen molar-refractivity contribution in [2.45, 2.75) is 6.92 Å². The van der Waals surface area contributed by atoms with Crippen LogP contribution in [0.2, 0.25) is 0 Å². The summed E-state index contributed by atoms with van der Waals surface area (Å²) in [5.41, 5.74) is 5.67. The van der Waals surface area contributed by atoms with E-state index in [4.69, 9.17) is 5.73 Å². The Kier molecular flexibility index (Phi) is 2.62. The average molecular weight is 111 g/mol. The summed E-state index contributed by atoms with van der Waals surface area (Å²) in [5, 5.41) is 0. The van der Waals surface area contributed by atoms with Crippen molar-refractivity contribution in [3.05, 3.63) is 24.4 Å². The van der Waals surface area contributed by atoms with Crippen LogP contribution in [0.15, 0.2) is 24.4 Å². The minimum absolute atomic E-state index is 0.148. The lowest BCUT2D eigenvalue weighted by atomic mass is 10.3. The summed E-state index contributed by atoms with van der Waals surface area (Å²) in [7, 11) is 0. The zero-order chi connectivity index (χ0) is 6.57. The van der Waals surface area contributed by atoms with E-state index in [1.807, 2.05) is 0 Å².